The molecule has 0 aliphatic carbocycles. The predicted molar refractivity (Wildman–Crippen MR) is 94.3 cm³/mol. The van der Waals surface area contributed by atoms with E-state index in [2.05, 4.69) is 32.2 Å². The monoisotopic (exact) mass is 394 g/mol. The molecule has 1 aromatic carbocycles. The number of nitrogens with one attached hydrogen (secondary N) is 2. The SMILES string of the molecule is CNCc1ccc(Br)c(S(=O)(=O)NCCCCCSC)c1. The van der Waals surface area contributed by atoms with E-state index >= 15 is 0 Å². The van der Waals surface area contributed by atoms with Crippen LogP contribution in [0.15, 0.2) is 27.6 Å². The fourth-order valence-electron chi connectivity index (χ4n) is 1.90. The summed E-state index contributed by atoms with van der Waals surface area (Å²) in [7, 11) is -1.62. The molecule has 0 saturated heterocycles. The molecule has 0 radical (unpaired) electrons. The van der Waals surface area contributed by atoms with Gasteiger partial charge >= 0.3 is 0 Å². The number of sulfonamides is 1. The second kappa shape index (κ2) is 9.84. The molecule has 2 N–H and O–H groups in total. The number of halogens is 1. The zero-order valence-electron chi connectivity index (χ0n) is 12.5. The Morgan fingerprint density at radius 3 is 2.67 bits per heavy atom. The van der Waals surface area contributed by atoms with Crippen LogP contribution >= 0.6 is 27.7 Å². The van der Waals surface area contributed by atoms with E-state index in [-0.39, 0.29) is 0 Å². The Balaban J connectivity index is 2.63. The van der Waals surface area contributed by atoms with E-state index < -0.39 is 10.0 Å². The van der Waals surface area contributed by atoms with E-state index in [4.69, 9.17) is 0 Å². The minimum Gasteiger partial charge on any atom is -0.316 e. The fraction of sp³-hybridized carbons (Fsp3) is 0.571. The standard InChI is InChI=1S/C14H23BrN2O2S2/c1-16-11-12-6-7-13(15)14(10-12)21(18,19)17-8-4-3-5-9-20-2/h6-7,10,16-17H,3-5,8-9,11H2,1-2H3. The third kappa shape index (κ3) is 6.69. The summed E-state index contributed by atoms with van der Waals surface area (Å²) in [5.74, 6) is 1.13. The highest BCUT2D eigenvalue weighted by Gasteiger charge is 2.17. The van der Waals surface area contributed by atoms with Gasteiger partial charge in [0.25, 0.3) is 0 Å². The van der Waals surface area contributed by atoms with Gasteiger partial charge in [0.15, 0.2) is 0 Å². The fourth-order valence-corrected chi connectivity index (χ4v) is 4.48. The van der Waals surface area contributed by atoms with Gasteiger partial charge in [-0.15, -0.1) is 0 Å². The lowest BCUT2D eigenvalue weighted by atomic mass is 10.2. The Kier molecular flexibility index (Phi) is 8.89. The van der Waals surface area contributed by atoms with Gasteiger partial charge in [0, 0.05) is 17.6 Å². The van der Waals surface area contributed by atoms with Crippen LogP contribution in [0.5, 0.6) is 0 Å². The summed E-state index contributed by atoms with van der Waals surface area (Å²) in [4.78, 5) is 0.305. The molecule has 0 unspecified atom stereocenters. The third-order valence-corrected chi connectivity index (χ3v) is 6.14. The van der Waals surface area contributed by atoms with Gasteiger partial charge in [0.05, 0.1) is 4.90 Å². The largest absolute Gasteiger partial charge is 0.316 e. The van der Waals surface area contributed by atoms with Crippen molar-refractivity contribution in [2.45, 2.75) is 30.7 Å². The zero-order valence-corrected chi connectivity index (χ0v) is 15.7. The maximum absolute atomic E-state index is 12.3. The molecule has 21 heavy (non-hydrogen) atoms. The molecular formula is C14H23BrN2O2S2. The van der Waals surface area contributed by atoms with E-state index in [1.165, 1.54) is 0 Å². The molecule has 120 valence electrons. The topological polar surface area (TPSA) is 58.2 Å². The zero-order chi connectivity index (χ0) is 15.7. The second-order valence-electron chi connectivity index (χ2n) is 4.75. The summed E-state index contributed by atoms with van der Waals surface area (Å²) >= 11 is 5.14. The van der Waals surface area contributed by atoms with Gasteiger partial charge in [-0.3, -0.25) is 0 Å². The molecule has 7 heteroatoms. The highest BCUT2D eigenvalue weighted by atomic mass is 79.9. The van der Waals surface area contributed by atoms with Crippen LogP contribution in [-0.4, -0.2) is 34.0 Å². The van der Waals surface area contributed by atoms with Gasteiger partial charge in [-0.2, -0.15) is 11.8 Å². The second-order valence-corrected chi connectivity index (χ2v) is 8.32. The molecular weight excluding hydrogens is 372 g/mol. The van der Waals surface area contributed by atoms with Crippen LogP contribution in [0.1, 0.15) is 24.8 Å². The molecule has 0 amide bonds. The van der Waals surface area contributed by atoms with Crippen LogP contribution in [0.2, 0.25) is 0 Å². The average Bonchev–Trinajstić information content (AvgIpc) is 2.45. The van der Waals surface area contributed by atoms with Gasteiger partial charge in [-0.25, -0.2) is 13.1 Å². The summed E-state index contributed by atoms with van der Waals surface area (Å²) in [6.45, 7) is 1.13. The van der Waals surface area contributed by atoms with Crippen molar-refractivity contribution < 1.29 is 8.42 Å². The normalized spacial score (nSPS) is 11.8. The highest BCUT2D eigenvalue weighted by molar-refractivity contribution is 9.10. The molecule has 1 aromatic rings. The van der Waals surface area contributed by atoms with Gasteiger partial charge in [-0.1, -0.05) is 12.5 Å². The minimum absolute atomic E-state index is 0.305. The summed E-state index contributed by atoms with van der Waals surface area (Å²) in [6.07, 6.45) is 5.13. The van der Waals surface area contributed by atoms with E-state index in [0.717, 1.165) is 30.6 Å². The van der Waals surface area contributed by atoms with E-state index in [0.29, 0.717) is 22.5 Å². The Morgan fingerprint density at radius 1 is 1.24 bits per heavy atom. The molecule has 0 spiro atoms. The smallest absolute Gasteiger partial charge is 0.241 e. The maximum atomic E-state index is 12.3. The summed E-state index contributed by atoms with van der Waals surface area (Å²) in [5.41, 5.74) is 0.945. The van der Waals surface area contributed by atoms with Crippen molar-refractivity contribution in [2.75, 3.05) is 25.6 Å². The molecule has 0 aliphatic rings. The molecule has 4 nitrogen and oxygen atoms in total. The maximum Gasteiger partial charge on any atom is 0.241 e. The van der Waals surface area contributed by atoms with E-state index in [1.807, 2.05) is 24.9 Å². The molecule has 0 heterocycles. The van der Waals surface area contributed by atoms with Crippen molar-refractivity contribution in [3.05, 3.63) is 28.2 Å². The number of unbranched alkanes of at least 4 members (excludes halogenated alkanes) is 2. The van der Waals surface area contributed by atoms with Crippen molar-refractivity contribution in [1.82, 2.24) is 10.0 Å². The van der Waals surface area contributed by atoms with Crippen molar-refractivity contribution in [3.8, 4) is 0 Å². The van der Waals surface area contributed by atoms with Crippen LogP contribution in [0.3, 0.4) is 0 Å². The number of thioether (sulfide) groups is 1. The van der Waals surface area contributed by atoms with Crippen molar-refractivity contribution in [3.63, 3.8) is 0 Å². The van der Waals surface area contributed by atoms with Crippen molar-refractivity contribution in [1.29, 1.82) is 0 Å². The first-order valence-corrected chi connectivity index (χ1v) is 10.6. The first-order chi connectivity index (χ1) is 10.0. The number of hydrogen-bond acceptors (Lipinski definition) is 4. The van der Waals surface area contributed by atoms with Crippen LogP contribution in [0, 0.1) is 0 Å². The third-order valence-electron chi connectivity index (χ3n) is 2.98. The van der Waals surface area contributed by atoms with Gasteiger partial charge in [0.2, 0.25) is 10.0 Å². The summed E-state index contributed by atoms with van der Waals surface area (Å²) in [5, 5.41) is 3.02. The molecule has 0 saturated carbocycles. The van der Waals surface area contributed by atoms with Crippen LogP contribution < -0.4 is 10.0 Å². The van der Waals surface area contributed by atoms with E-state index in [9.17, 15) is 8.42 Å². The van der Waals surface area contributed by atoms with Crippen LogP contribution in [0.4, 0.5) is 0 Å². The first kappa shape index (κ1) is 19.0. The van der Waals surface area contributed by atoms with Crippen LogP contribution in [0.25, 0.3) is 0 Å². The molecule has 1 rings (SSSR count). The lowest BCUT2D eigenvalue weighted by Crippen LogP contribution is -2.25. The average molecular weight is 395 g/mol. The highest BCUT2D eigenvalue weighted by Crippen LogP contribution is 2.23. The Labute approximate surface area is 140 Å². The van der Waals surface area contributed by atoms with Gasteiger partial charge < -0.3 is 5.32 Å². The molecule has 0 aromatic heterocycles. The summed E-state index contributed by atoms with van der Waals surface area (Å²) in [6, 6.07) is 5.39. The molecule has 0 aliphatic heterocycles. The Bertz CT molecular complexity index is 536. The molecule has 0 fully saturated rings. The molecule has 0 atom stereocenters. The lowest BCUT2D eigenvalue weighted by molar-refractivity contribution is 0.575. The first-order valence-electron chi connectivity index (χ1n) is 6.93. The lowest BCUT2D eigenvalue weighted by Gasteiger charge is -2.10. The quantitative estimate of drug-likeness (QED) is 0.598. The predicted octanol–water partition coefficient (Wildman–Crippen LogP) is 2.98. The number of rotatable bonds is 10. The number of hydrogen-bond donors (Lipinski definition) is 2. The summed E-state index contributed by atoms with van der Waals surface area (Å²) < 4.78 is 27.9. The van der Waals surface area contributed by atoms with Gasteiger partial charge in [-0.05, 0) is 65.5 Å². The van der Waals surface area contributed by atoms with Crippen molar-refractivity contribution in [2.24, 2.45) is 0 Å². The van der Waals surface area contributed by atoms with Gasteiger partial charge in [0.1, 0.15) is 0 Å². The number of benzene rings is 1. The Hall–Kier alpha value is -0.0800. The molecule has 0 bridgehead atoms. The minimum atomic E-state index is -3.45. The van der Waals surface area contributed by atoms with E-state index in [1.54, 1.807) is 12.1 Å². The Morgan fingerprint density at radius 2 is 2.00 bits per heavy atom. The van der Waals surface area contributed by atoms with Crippen LogP contribution in [-0.2, 0) is 16.6 Å². The van der Waals surface area contributed by atoms with Crippen molar-refractivity contribution >= 4 is 37.7 Å².